The van der Waals surface area contributed by atoms with E-state index in [0.717, 1.165) is 41.7 Å². The zero-order valence-corrected chi connectivity index (χ0v) is 17.5. The van der Waals surface area contributed by atoms with Gasteiger partial charge >= 0.3 is 0 Å². The van der Waals surface area contributed by atoms with E-state index in [-0.39, 0.29) is 6.10 Å². The molecule has 0 aliphatic carbocycles. The third-order valence-corrected chi connectivity index (χ3v) is 4.12. The SMILES string of the molecule is CC(C)Oc1ccc(Nc2cc(NCCN(C)C)nc(-c3ccccc3)n2)cc1. The maximum Gasteiger partial charge on any atom is 0.163 e. The molecule has 3 aromatic rings. The van der Waals surface area contributed by atoms with Crippen molar-refractivity contribution in [3.63, 3.8) is 0 Å². The van der Waals surface area contributed by atoms with Gasteiger partial charge in [0.2, 0.25) is 0 Å². The fourth-order valence-corrected chi connectivity index (χ4v) is 2.76. The smallest absolute Gasteiger partial charge is 0.163 e. The Morgan fingerprint density at radius 1 is 0.931 bits per heavy atom. The summed E-state index contributed by atoms with van der Waals surface area (Å²) < 4.78 is 5.71. The van der Waals surface area contributed by atoms with Crippen molar-refractivity contribution in [2.75, 3.05) is 37.8 Å². The van der Waals surface area contributed by atoms with E-state index in [1.807, 2.05) is 74.5 Å². The van der Waals surface area contributed by atoms with Crippen molar-refractivity contribution >= 4 is 17.3 Å². The second-order valence-corrected chi connectivity index (χ2v) is 7.37. The van der Waals surface area contributed by atoms with Gasteiger partial charge in [-0.05, 0) is 52.2 Å². The molecule has 6 nitrogen and oxygen atoms in total. The third kappa shape index (κ3) is 6.47. The molecule has 0 bridgehead atoms. The van der Waals surface area contributed by atoms with Crippen LogP contribution in [0.4, 0.5) is 17.3 Å². The number of nitrogens with one attached hydrogen (secondary N) is 2. The van der Waals surface area contributed by atoms with Crippen LogP contribution in [0.5, 0.6) is 5.75 Å². The molecule has 2 aromatic carbocycles. The molecule has 3 rings (SSSR count). The fourth-order valence-electron chi connectivity index (χ4n) is 2.76. The summed E-state index contributed by atoms with van der Waals surface area (Å²) in [7, 11) is 4.10. The van der Waals surface area contributed by atoms with Gasteiger partial charge in [0, 0.05) is 30.4 Å². The molecular weight excluding hydrogens is 362 g/mol. The standard InChI is InChI=1S/C23H29N5O/c1-17(2)29-20-12-10-19(11-13-20)25-22-16-21(24-14-15-28(3)4)26-23(27-22)18-8-6-5-7-9-18/h5-13,16-17H,14-15H2,1-4H3,(H2,24,25,26,27). The van der Waals surface area contributed by atoms with Crippen LogP contribution >= 0.6 is 0 Å². The summed E-state index contributed by atoms with van der Waals surface area (Å²) in [5.74, 6) is 3.07. The Morgan fingerprint density at radius 2 is 1.62 bits per heavy atom. The van der Waals surface area contributed by atoms with Crippen LogP contribution in [0, 0.1) is 0 Å². The molecule has 1 aromatic heterocycles. The van der Waals surface area contributed by atoms with Crippen molar-refractivity contribution in [2.45, 2.75) is 20.0 Å². The van der Waals surface area contributed by atoms with Crippen molar-refractivity contribution in [3.05, 3.63) is 60.7 Å². The first-order valence-electron chi connectivity index (χ1n) is 9.86. The van der Waals surface area contributed by atoms with E-state index in [9.17, 15) is 0 Å². The highest BCUT2D eigenvalue weighted by Crippen LogP contribution is 2.24. The lowest BCUT2D eigenvalue weighted by Crippen LogP contribution is -2.21. The zero-order chi connectivity index (χ0) is 20.6. The van der Waals surface area contributed by atoms with Crippen LogP contribution in [0.15, 0.2) is 60.7 Å². The lowest BCUT2D eigenvalue weighted by atomic mass is 10.2. The van der Waals surface area contributed by atoms with Crippen LogP contribution < -0.4 is 15.4 Å². The summed E-state index contributed by atoms with van der Waals surface area (Å²) in [6, 6.07) is 19.8. The van der Waals surface area contributed by atoms with Crippen molar-refractivity contribution in [3.8, 4) is 17.1 Å². The van der Waals surface area contributed by atoms with E-state index in [1.165, 1.54) is 0 Å². The number of ether oxygens (including phenoxy) is 1. The van der Waals surface area contributed by atoms with Crippen LogP contribution in [0.3, 0.4) is 0 Å². The molecule has 0 saturated heterocycles. The summed E-state index contributed by atoms with van der Waals surface area (Å²) in [6.45, 7) is 5.76. The Hall–Kier alpha value is -3.12. The molecule has 0 aliphatic heterocycles. The summed E-state index contributed by atoms with van der Waals surface area (Å²) in [5, 5.41) is 6.77. The Labute approximate surface area is 173 Å². The predicted molar refractivity (Wildman–Crippen MR) is 120 cm³/mol. The Balaban J connectivity index is 1.82. The van der Waals surface area contributed by atoms with Gasteiger partial charge in [-0.3, -0.25) is 0 Å². The van der Waals surface area contributed by atoms with Crippen LogP contribution in [0.1, 0.15) is 13.8 Å². The number of aromatic nitrogens is 2. The van der Waals surface area contributed by atoms with Gasteiger partial charge in [0.25, 0.3) is 0 Å². The second kappa shape index (κ2) is 9.89. The number of hydrogen-bond acceptors (Lipinski definition) is 6. The summed E-state index contributed by atoms with van der Waals surface area (Å²) in [6.07, 6.45) is 0.153. The molecule has 29 heavy (non-hydrogen) atoms. The molecule has 2 N–H and O–H groups in total. The highest BCUT2D eigenvalue weighted by molar-refractivity contribution is 5.65. The summed E-state index contributed by atoms with van der Waals surface area (Å²) in [4.78, 5) is 11.5. The lowest BCUT2D eigenvalue weighted by molar-refractivity contribution is 0.242. The normalized spacial score (nSPS) is 11.0. The van der Waals surface area contributed by atoms with E-state index >= 15 is 0 Å². The lowest BCUT2D eigenvalue weighted by Gasteiger charge is -2.14. The molecule has 0 radical (unpaired) electrons. The molecule has 0 fully saturated rings. The fraction of sp³-hybridized carbons (Fsp3) is 0.304. The molecule has 0 unspecified atom stereocenters. The maximum absolute atomic E-state index is 5.71. The van der Waals surface area contributed by atoms with Gasteiger partial charge in [-0.15, -0.1) is 0 Å². The van der Waals surface area contributed by atoms with Gasteiger partial charge in [0.05, 0.1) is 6.10 Å². The monoisotopic (exact) mass is 391 g/mol. The molecule has 152 valence electrons. The van der Waals surface area contributed by atoms with Crippen molar-refractivity contribution in [2.24, 2.45) is 0 Å². The molecule has 0 spiro atoms. The van der Waals surface area contributed by atoms with Gasteiger partial charge in [-0.1, -0.05) is 30.3 Å². The Kier molecular flexibility index (Phi) is 7.03. The quantitative estimate of drug-likeness (QED) is 0.554. The largest absolute Gasteiger partial charge is 0.491 e. The van der Waals surface area contributed by atoms with Crippen molar-refractivity contribution in [1.29, 1.82) is 0 Å². The zero-order valence-electron chi connectivity index (χ0n) is 17.5. The molecular formula is C23H29N5O. The molecule has 0 saturated carbocycles. The minimum Gasteiger partial charge on any atom is -0.491 e. The number of likely N-dealkylation sites (N-methyl/N-ethyl adjacent to an activating group) is 1. The van der Waals surface area contributed by atoms with Gasteiger partial charge in [0.1, 0.15) is 17.4 Å². The first kappa shape index (κ1) is 20.6. The van der Waals surface area contributed by atoms with E-state index in [4.69, 9.17) is 9.72 Å². The van der Waals surface area contributed by atoms with Crippen molar-refractivity contribution in [1.82, 2.24) is 14.9 Å². The van der Waals surface area contributed by atoms with Crippen molar-refractivity contribution < 1.29 is 4.74 Å². The number of benzene rings is 2. The van der Waals surface area contributed by atoms with Gasteiger partial charge in [-0.25, -0.2) is 9.97 Å². The van der Waals surface area contributed by atoms with E-state index in [0.29, 0.717) is 5.82 Å². The molecule has 6 heteroatoms. The first-order chi connectivity index (χ1) is 14.0. The second-order valence-electron chi connectivity index (χ2n) is 7.37. The van der Waals surface area contributed by atoms with Crippen LogP contribution in [0.25, 0.3) is 11.4 Å². The average Bonchev–Trinajstić information content (AvgIpc) is 2.69. The number of hydrogen-bond donors (Lipinski definition) is 2. The third-order valence-electron chi connectivity index (χ3n) is 4.12. The minimum atomic E-state index is 0.153. The number of anilines is 3. The minimum absolute atomic E-state index is 0.153. The average molecular weight is 392 g/mol. The summed E-state index contributed by atoms with van der Waals surface area (Å²) in [5.41, 5.74) is 1.92. The molecule has 0 atom stereocenters. The van der Waals surface area contributed by atoms with Crippen LogP contribution in [-0.4, -0.2) is 48.2 Å². The van der Waals surface area contributed by atoms with E-state index in [1.54, 1.807) is 0 Å². The van der Waals surface area contributed by atoms with Gasteiger partial charge in [0.15, 0.2) is 5.82 Å². The van der Waals surface area contributed by atoms with E-state index < -0.39 is 0 Å². The van der Waals surface area contributed by atoms with E-state index in [2.05, 4.69) is 34.6 Å². The Bertz CT molecular complexity index is 895. The van der Waals surface area contributed by atoms with Crippen LogP contribution in [0.2, 0.25) is 0 Å². The Morgan fingerprint density at radius 3 is 2.28 bits per heavy atom. The number of nitrogens with zero attached hydrogens (tertiary/aromatic N) is 3. The molecule has 0 amide bonds. The topological polar surface area (TPSA) is 62.3 Å². The molecule has 0 aliphatic rings. The number of rotatable bonds is 9. The first-order valence-corrected chi connectivity index (χ1v) is 9.86. The highest BCUT2D eigenvalue weighted by atomic mass is 16.5. The predicted octanol–water partition coefficient (Wildman–Crippen LogP) is 4.65. The van der Waals surface area contributed by atoms with Crippen LogP contribution in [-0.2, 0) is 0 Å². The molecule has 1 heterocycles. The van der Waals surface area contributed by atoms with Gasteiger partial charge < -0.3 is 20.3 Å². The van der Waals surface area contributed by atoms with Gasteiger partial charge in [-0.2, -0.15) is 0 Å². The maximum atomic E-state index is 5.71. The summed E-state index contributed by atoms with van der Waals surface area (Å²) >= 11 is 0. The highest BCUT2D eigenvalue weighted by Gasteiger charge is 2.08.